The van der Waals surface area contributed by atoms with E-state index in [1.165, 1.54) is 0 Å². The van der Waals surface area contributed by atoms with Gasteiger partial charge in [0.15, 0.2) is 16.9 Å². The fraction of sp³-hybridized carbons (Fsp3) is 0. The van der Waals surface area contributed by atoms with Gasteiger partial charge < -0.3 is 9.52 Å². The van der Waals surface area contributed by atoms with Crippen molar-refractivity contribution in [2.24, 2.45) is 0 Å². The smallest absolute Gasteiger partial charge is 0.177 e. The lowest BCUT2D eigenvalue weighted by Gasteiger charge is -1.94. The number of rotatable bonds is 0. The molecule has 80 valence electrons. The fourth-order valence-electron chi connectivity index (χ4n) is 1.79. The van der Waals surface area contributed by atoms with E-state index in [0.29, 0.717) is 21.2 Å². The number of benzene rings is 2. The van der Waals surface area contributed by atoms with Crippen LogP contribution in [-0.4, -0.2) is 5.11 Å². The Morgan fingerprint density at radius 2 is 1.69 bits per heavy atom. The van der Waals surface area contributed by atoms with E-state index >= 15 is 0 Å². The molecule has 0 spiro atoms. The zero-order chi connectivity index (χ0) is 11.3. The van der Waals surface area contributed by atoms with Crippen molar-refractivity contribution in [2.75, 3.05) is 0 Å². The molecule has 0 bridgehead atoms. The zero-order valence-electron chi connectivity index (χ0n) is 8.00. The van der Waals surface area contributed by atoms with Crippen LogP contribution in [0.1, 0.15) is 0 Å². The second-order valence-electron chi connectivity index (χ2n) is 3.49. The summed E-state index contributed by atoms with van der Waals surface area (Å²) < 4.78 is 5.53. The van der Waals surface area contributed by atoms with Crippen LogP contribution in [0.5, 0.6) is 5.75 Å². The molecule has 0 amide bonds. The SMILES string of the molecule is Oc1cccc2c1oc1c(Cl)c(Cl)ccc12. The average molecular weight is 253 g/mol. The molecular formula is C12H6Cl2O2. The second-order valence-corrected chi connectivity index (χ2v) is 4.28. The molecule has 0 saturated carbocycles. The molecule has 4 heteroatoms. The Labute approximate surface area is 101 Å². The van der Waals surface area contributed by atoms with Gasteiger partial charge in [-0.05, 0) is 18.2 Å². The maximum Gasteiger partial charge on any atom is 0.177 e. The van der Waals surface area contributed by atoms with E-state index < -0.39 is 0 Å². The van der Waals surface area contributed by atoms with E-state index in [9.17, 15) is 5.11 Å². The maximum atomic E-state index is 9.66. The summed E-state index contributed by atoms with van der Waals surface area (Å²) in [7, 11) is 0. The Balaban J connectivity index is 2.60. The number of para-hydroxylation sites is 1. The van der Waals surface area contributed by atoms with Crippen molar-refractivity contribution in [1.29, 1.82) is 0 Å². The van der Waals surface area contributed by atoms with E-state index in [4.69, 9.17) is 27.6 Å². The van der Waals surface area contributed by atoms with Crippen LogP contribution in [0.3, 0.4) is 0 Å². The van der Waals surface area contributed by atoms with Gasteiger partial charge in [-0.3, -0.25) is 0 Å². The van der Waals surface area contributed by atoms with Gasteiger partial charge in [0.25, 0.3) is 0 Å². The molecule has 0 aliphatic rings. The molecule has 0 aliphatic heterocycles. The predicted octanol–water partition coefficient (Wildman–Crippen LogP) is 4.60. The molecule has 3 aromatic rings. The van der Waals surface area contributed by atoms with Gasteiger partial charge in [-0.25, -0.2) is 0 Å². The molecule has 0 aliphatic carbocycles. The maximum absolute atomic E-state index is 9.66. The van der Waals surface area contributed by atoms with E-state index in [-0.39, 0.29) is 5.75 Å². The van der Waals surface area contributed by atoms with Crippen LogP contribution < -0.4 is 0 Å². The van der Waals surface area contributed by atoms with Gasteiger partial charge >= 0.3 is 0 Å². The van der Waals surface area contributed by atoms with Crippen molar-refractivity contribution in [3.63, 3.8) is 0 Å². The predicted molar refractivity (Wildman–Crippen MR) is 65.4 cm³/mol. The first-order valence-electron chi connectivity index (χ1n) is 4.66. The highest BCUT2D eigenvalue weighted by molar-refractivity contribution is 6.45. The molecule has 0 atom stereocenters. The summed E-state index contributed by atoms with van der Waals surface area (Å²) in [5.74, 6) is 0.0980. The first-order valence-corrected chi connectivity index (χ1v) is 5.42. The molecule has 0 fully saturated rings. The third-order valence-electron chi connectivity index (χ3n) is 2.54. The van der Waals surface area contributed by atoms with Gasteiger partial charge in [0.05, 0.1) is 5.02 Å². The number of phenols is 1. The molecular weight excluding hydrogens is 247 g/mol. The van der Waals surface area contributed by atoms with Crippen molar-refractivity contribution < 1.29 is 9.52 Å². The molecule has 2 nitrogen and oxygen atoms in total. The third kappa shape index (κ3) is 1.20. The molecule has 1 N–H and O–H groups in total. The standard InChI is InChI=1S/C12H6Cl2O2/c13-8-5-4-7-6-2-1-3-9(15)11(6)16-12(7)10(8)14/h1-5,15H. The van der Waals surface area contributed by atoms with Crippen molar-refractivity contribution in [2.45, 2.75) is 0 Å². The Bertz CT molecular complexity index is 701. The highest BCUT2D eigenvalue weighted by Gasteiger charge is 2.14. The number of furan rings is 1. The van der Waals surface area contributed by atoms with Crippen molar-refractivity contribution >= 4 is 45.1 Å². The average Bonchev–Trinajstić information content (AvgIpc) is 2.65. The molecule has 16 heavy (non-hydrogen) atoms. The summed E-state index contributed by atoms with van der Waals surface area (Å²) >= 11 is 11.9. The number of hydrogen-bond donors (Lipinski definition) is 1. The quantitative estimate of drug-likeness (QED) is 0.635. The zero-order valence-corrected chi connectivity index (χ0v) is 9.51. The Morgan fingerprint density at radius 3 is 2.50 bits per heavy atom. The minimum Gasteiger partial charge on any atom is -0.504 e. The van der Waals surface area contributed by atoms with Crippen LogP contribution >= 0.6 is 23.2 Å². The van der Waals surface area contributed by atoms with Crippen LogP contribution in [0.4, 0.5) is 0 Å². The van der Waals surface area contributed by atoms with E-state index in [2.05, 4.69) is 0 Å². The monoisotopic (exact) mass is 252 g/mol. The van der Waals surface area contributed by atoms with Crippen LogP contribution in [-0.2, 0) is 0 Å². The lowest BCUT2D eigenvalue weighted by Crippen LogP contribution is -1.70. The summed E-state index contributed by atoms with van der Waals surface area (Å²) in [6, 6.07) is 8.74. The van der Waals surface area contributed by atoms with Crippen LogP contribution in [0.2, 0.25) is 10.0 Å². The fourth-order valence-corrected chi connectivity index (χ4v) is 2.14. The molecule has 0 unspecified atom stereocenters. The molecule has 0 radical (unpaired) electrons. The van der Waals surface area contributed by atoms with Gasteiger partial charge in [0, 0.05) is 10.8 Å². The van der Waals surface area contributed by atoms with Crippen molar-refractivity contribution in [1.82, 2.24) is 0 Å². The minimum atomic E-state index is 0.0980. The van der Waals surface area contributed by atoms with Gasteiger partial charge in [0.1, 0.15) is 5.02 Å². The van der Waals surface area contributed by atoms with Crippen molar-refractivity contribution in [3.8, 4) is 5.75 Å². The summed E-state index contributed by atoms with van der Waals surface area (Å²) in [6.45, 7) is 0. The molecule has 2 aromatic carbocycles. The normalized spacial score (nSPS) is 11.4. The summed E-state index contributed by atoms with van der Waals surface area (Å²) in [5.41, 5.74) is 0.937. The van der Waals surface area contributed by atoms with Crippen LogP contribution in [0.25, 0.3) is 21.9 Å². The van der Waals surface area contributed by atoms with E-state index in [0.717, 1.165) is 10.8 Å². The number of aromatic hydroxyl groups is 1. The molecule has 0 saturated heterocycles. The van der Waals surface area contributed by atoms with Gasteiger partial charge in [-0.1, -0.05) is 35.3 Å². The van der Waals surface area contributed by atoms with E-state index in [1.807, 2.05) is 12.1 Å². The molecule has 1 aromatic heterocycles. The lowest BCUT2D eigenvalue weighted by atomic mass is 10.1. The number of hydrogen-bond acceptors (Lipinski definition) is 2. The van der Waals surface area contributed by atoms with Crippen molar-refractivity contribution in [3.05, 3.63) is 40.4 Å². The summed E-state index contributed by atoms with van der Waals surface area (Å²) in [4.78, 5) is 0. The number of phenolic OH excluding ortho intramolecular Hbond substituents is 1. The number of fused-ring (bicyclic) bond motifs is 3. The largest absolute Gasteiger partial charge is 0.504 e. The highest BCUT2D eigenvalue weighted by Crippen LogP contribution is 2.39. The van der Waals surface area contributed by atoms with E-state index in [1.54, 1.807) is 18.2 Å². The molecule has 3 rings (SSSR count). The topological polar surface area (TPSA) is 33.4 Å². The summed E-state index contributed by atoms with van der Waals surface area (Å²) in [6.07, 6.45) is 0. The van der Waals surface area contributed by atoms with Gasteiger partial charge in [-0.15, -0.1) is 0 Å². The second kappa shape index (κ2) is 3.30. The summed E-state index contributed by atoms with van der Waals surface area (Å²) in [5, 5.41) is 12.1. The Kier molecular flexibility index (Phi) is 2.03. The van der Waals surface area contributed by atoms with Gasteiger partial charge in [-0.2, -0.15) is 0 Å². The molecule has 1 heterocycles. The highest BCUT2D eigenvalue weighted by atomic mass is 35.5. The first kappa shape index (κ1) is 9.82. The third-order valence-corrected chi connectivity index (χ3v) is 3.33. The Hall–Kier alpha value is -1.38. The van der Waals surface area contributed by atoms with Crippen LogP contribution in [0.15, 0.2) is 34.7 Å². The van der Waals surface area contributed by atoms with Gasteiger partial charge in [0.2, 0.25) is 0 Å². The lowest BCUT2D eigenvalue weighted by molar-refractivity contribution is 0.469. The van der Waals surface area contributed by atoms with Crippen LogP contribution in [0, 0.1) is 0 Å². The first-order chi connectivity index (χ1) is 7.68. The Morgan fingerprint density at radius 1 is 0.938 bits per heavy atom. The minimum absolute atomic E-state index is 0.0980. The number of halogens is 2.